The highest BCUT2D eigenvalue weighted by Gasteiger charge is 2.17. The molecule has 0 spiro atoms. The number of rotatable bonds is 2. The first kappa shape index (κ1) is 11.0. The second-order valence-electron chi connectivity index (χ2n) is 3.96. The van der Waals surface area contributed by atoms with E-state index in [2.05, 4.69) is 0 Å². The van der Waals surface area contributed by atoms with E-state index in [1.54, 1.807) is 0 Å². The average molecular weight is 206 g/mol. The van der Waals surface area contributed by atoms with E-state index in [9.17, 15) is 8.42 Å². The van der Waals surface area contributed by atoms with Gasteiger partial charge in [0, 0.05) is 0 Å². The fraction of sp³-hybridized carbons (Fsp3) is 1.00. The largest absolute Gasteiger partial charge is 0.286 e. The fourth-order valence-corrected chi connectivity index (χ4v) is 2.93. The van der Waals surface area contributed by atoms with Crippen molar-refractivity contribution in [3.05, 3.63) is 0 Å². The van der Waals surface area contributed by atoms with Gasteiger partial charge in [0.15, 0.2) is 0 Å². The van der Waals surface area contributed by atoms with Crippen LogP contribution in [0.4, 0.5) is 0 Å². The van der Waals surface area contributed by atoms with Crippen LogP contribution in [0.2, 0.25) is 0 Å². The SMILES string of the molecule is O=S(=O)(O)CC1CCCCCCC1. The van der Waals surface area contributed by atoms with Crippen LogP contribution in [0.5, 0.6) is 0 Å². The molecule has 1 rings (SSSR count). The summed E-state index contributed by atoms with van der Waals surface area (Å²) in [4.78, 5) is 0. The van der Waals surface area contributed by atoms with Crippen LogP contribution in [-0.2, 0) is 10.1 Å². The van der Waals surface area contributed by atoms with Crippen LogP contribution < -0.4 is 0 Å². The van der Waals surface area contributed by atoms with Gasteiger partial charge >= 0.3 is 0 Å². The molecule has 0 aromatic heterocycles. The summed E-state index contributed by atoms with van der Waals surface area (Å²) in [6.45, 7) is 0. The minimum Gasteiger partial charge on any atom is -0.286 e. The van der Waals surface area contributed by atoms with E-state index in [1.807, 2.05) is 0 Å². The zero-order valence-electron chi connectivity index (χ0n) is 7.91. The molecule has 78 valence electrons. The van der Waals surface area contributed by atoms with Crippen molar-refractivity contribution in [1.29, 1.82) is 0 Å². The van der Waals surface area contributed by atoms with Gasteiger partial charge in [-0.25, -0.2) is 0 Å². The van der Waals surface area contributed by atoms with Crippen LogP contribution in [0.25, 0.3) is 0 Å². The van der Waals surface area contributed by atoms with Gasteiger partial charge in [-0.15, -0.1) is 0 Å². The molecule has 0 bridgehead atoms. The first-order chi connectivity index (χ1) is 6.08. The minimum absolute atomic E-state index is 0.0347. The van der Waals surface area contributed by atoms with Gasteiger partial charge in [0.2, 0.25) is 0 Å². The van der Waals surface area contributed by atoms with Gasteiger partial charge in [-0.2, -0.15) is 8.42 Å². The fourth-order valence-electron chi connectivity index (χ4n) is 2.01. The van der Waals surface area contributed by atoms with Gasteiger partial charge in [0.25, 0.3) is 10.1 Å². The predicted octanol–water partition coefficient (Wildman–Crippen LogP) is 2.23. The summed E-state index contributed by atoms with van der Waals surface area (Å²) in [5.74, 6) is 0.155. The summed E-state index contributed by atoms with van der Waals surface area (Å²) in [6.07, 6.45) is 7.84. The van der Waals surface area contributed by atoms with E-state index < -0.39 is 10.1 Å². The van der Waals surface area contributed by atoms with E-state index in [4.69, 9.17) is 4.55 Å². The quantitative estimate of drug-likeness (QED) is 0.705. The lowest BCUT2D eigenvalue weighted by Gasteiger charge is -2.17. The molecule has 0 saturated heterocycles. The standard InChI is InChI=1S/C9H18O3S/c10-13(11,12)8-9-6-4-2-1-3-5-7-9/h9H,1-8H2,(H,10,11,12). The Balaban J connectivity index is 2.38. The zero-order chi connectivity index (χ0) is 9.73. The summed E-state index contributed by atoms with van der Waals surface area (Å²) >= 11 is 0. The van der Waals surface area contributed by atoms with Gasteiger partial charge in [-0.3, -0.25) is 4.55 Å². The molecule has 1 fully saturated rings. The maximum absolute atomic E-state index is 10.7. The maximum atomic E-state index is 10.7. The Morgan fingerprint density at radius 3 is 1.92 bits per heavy atom. The topological polar surface area (TPSA) is 54.4 Å². The summed E-state index contributed by atoms with van der Waals surface area (Å²) < 4.78 is 30.0. The normalized spacial score (nSPS) is 22.2. The van der Waals surface area contributed by atoms with Crippen molar-refractivity contribution in [2.24, 2.45) is 5.92 Å². The van der Waals surface area contributed by atoms with Crippen LogP contribution in [0.3, 0.4) is 0 Å². The predicted molar refractivity (Wildman–Crippen MR) is 52.2 cm³/mol. The van der Waals surface area contributed by atoms with Crippen LogP contribution in [0.1, 0.15) is 44.9 Å². The number of hydrogen-bond donors (Lipinski definition) is 1. The molecule has 0 aliphatic heterocycles. The highest BCUT2D eigenvalue weighted by atomic mass is 32.2. The first-order valence-electron chi connectivity index (χ1n) is 5.03. The van der Waals surface area contributed by atoms with Crippen LogP contribution in [0.15, 0.2) is 0 Å². The molecule has 0 unspecified atom stereocenters. The molecule has 0 aromatic rings. The third-order valence-electron chi connectivity index (χ3n) is 2.67. The Hall–Kier alpha value is -0.0900. The molecular weight excluding hydrogens is 188 g/mol. The van der Waals surface area contributed by atoms with Crippen LogP contribution in [-0.4, -0.2) is 18.7 Å². The molecule has 1 saturated carbocycles. The van der Waals surface area contributed by atoms with E-state index in [0.29, 0.717) is 0 Å². The van der Waals surface area contributed by atoms with Gasteiger partial charge in [0.05, 0.1) is 5.75 Å². The van der Waals surface area contributed by atoms with Crippen molar-refractivity contribution in [2.45, 2.75) is 44.9 Å². The lowest BCUT2D eigenvalue weighted by Crippen LogP contribution is -2.16. The van der Waals surface area contributed by atoms with Gasteiger partial charge in [-0.05, 0) is 18.8 Å². The molecule has 0 heterocycles. The van der Waals surface area contributed by atoms with Crippen molar-refractivity contribution in [3.63, 3.8) is 0 Å². The monoisotopic (exact) mass is 206 g/mol. The second kappa shape index (κ2) is 4.96. The maximum Gasteiger partial charge on any atom is 0.265 e. The summed E-state index contributed by atoms with van der Waals surface area (Å²) in [6, 6.07) is 0. The molecule has 0 aromatic carbocycles. The van der Waals surface area contributed by atoms with Gasteiger partial charge in [0.1, 0.15) is 0 Å². The van der Waals surface area contributed by atoms with E-state index in [1.165, 1.54) is 19.3 Å². The molecule has 0 radical (unpaired) electrons. The Morgan fingerprint density at radius 1 is 1.00 bits per heavy atom. The third kappa shape index (κ3) is 5.26. The first-order valence-corrected chi connectivity index (χ1v) is 6.64. The van der Waals surface area contributed by atoms with Crippen molar-refractivity contribution in [2.75, 3.05) is 5.75 Å². The molecule has 4 heteroatoms. The van der Waals surface area contributed by atoms with Crippen LogP contribution >= 0.6 is 0 Å². The molecule has 3 nitrogen and oxygen atoms in total. The Labute approximate surface area is 80.3 Å². The Kier molecular flexibility index (Phi) is 4.19. The smallest absolute Gasteiger partial charge is 0.265 e. The molecule has 0 amide bonds. The van der Waals surface area contributed by atoms with Crippen LogP contribution in [0, 0.1) is 5.92 Å². The lowest BCUT2D eigenvalue weighted by atomic mass is 9.93. The van der Waals surface area contributed by atoms with E-state index in [-0.39, 0.29) is 11.7 Å². The molecule has 1 aliphatic rings. The lowest BCUT2D eigenvalue weighted by molar-refractivity contribution is 0.390. The van der Waals surface area contributed by atoms with Crippen molar-refractivity contribution in [3.8, 4) is 0 Å². The van der Waals surface area contributed by atoms with E-state index >= 15 is 0 Å². The molecule has 1 N–H and O–H groups in total. The zero-order valence-corrected chi connectivity index (χ0v) is 8.72. The summed E-state index contributed by atoms with van der Waals surface area (Å²) in [5.41, 5.74) is 0. The highest BCUT2D eigenvalue weighted by Crippen LogP contribution is 2.23. The summed E-state index contributed by atoms with van der Waals surface area (Å²) in [5, 5.41) is 0. The highest BCUT2D eigenvalue weighted by molar-refractivity contribution is 7.85. The Morgan fingerprint density at radius 2 is 1.46 bits per heavy atom. The van der Waals surface area contributed by atoms with Crippen molar-refractivity contribution in [1.82, 2.24) is 0 Å². The van der Waals surface area contributed by atoms with Gasteiger partial charge in [-0.1, -0.05) is 32.1 Å². The minimum atomic E-state index is -3.75. The molecule has 0 atom stereocenters. The molecular formula is C9H18O3S. The van der Waals surface area contributed by atoms with E-state index in [0.717, 1.165) is 25.7 Å². The summed E-state index contributed by atoms with van der Waals surface area (Å²) in [7, 11) is -3.75. The third-order valence-corrected chi connectivity index (χ3v) is 3.56. The van der Waals surface area contributed by atoms with Crippen molar-refractivity contribution < 1.29 is 13.0 Å². The number of hydrogen-bond acceptors (Lipinski definition) is 2. The second-order valence-corrected chi connectivity index (χ2v) is 5.46. The average Bonchev–Trinajstić information content (AvgIpc) is 1.92. The van der Waals surface area contributed by atoms with Gasteiger partial charge < -0.3 is 0 Å². The Bertz CT molecular complexity index is 225. The van der Waals surface area contributed by atoms with Crippen molar-refractivity contribution >= 4 is 10.1 Å². The molecule has 13 heavy (non-hydrogen) atoms. The molecule has 1 aliphatic carbocycles.